The highest BCUT2D eigenvalue weighted by Gasteiger charge is 2.34. The van der Waals surface area contributed by atoms with Gasteiger partial charge in [0.15, 0.2) is 0 Å². The van der Waals surface area contributed by atoms with Crippen LogP contribution < -0.4 is 10.2 Å². The van der Waals surface area contributed by atoms with Crippen molar-refractivity contribution in [3.63, 3.8) is 0 Å². The van der Waals surface area contributed by atoms with Crippen LogP contribution in [0.1, 0.15) is 19.3 Å². The van der Waals surface area contributed by atoms with Gasteiger partial charge in [0.1, 0.15) is 0 Å². The van der Waals surface area contributed by atoms with Crippen molar-refractivity contribution in [1.82, 2.24) is 4.90 Å². The van der Waals surface area contributed by atoms with E-state index in [0.717, 1.165) is 22.4 Å². The van der Waals surface area contributed by atoms with Gasteiger partial charge in [0.2, 0.25) is 0 Å². The number of benzene rings is 1. The highest BCUT2D eigenvalue weighted by atomic mass is 35.5. The van der Waals surface area contributed by atoms with Gasteiger partial charge < -0.3 is 10.2 Å². The second-order valence-electron chi connectivity index (χ2n) is 5.89. The first kappa shape index (κ1) is 13.1. The van der Waals surface area contributed by atoms with Gasteiger partial charge >= 0.3 is 0 Å². The summed E-state index contributed by atoms with van der Waals surface area (Å²) in [5, 5.41) is 4.49. The Morgan fingerprint density at radius 3 is 2.74 bits per heavy atom. The Labute approximate surface area is 120 Å². The van der Waals surface area contributed by atoms with Crippen LogP contribution >= 0.6 is 11.6 Å². The lowest BCUT2D eigenvalue weighted by molar-refractivity contribution is 0.326. The van der Waals surface area contributed by atoms with Crippen LogP contribution in [0.25, 0.3) is 0 Å². The highest BCUT2D eigenvalue weighted by molar-refractivity contribution is 6.34. The van der Waals surface area contributed by atoms with Gasteiger partial charge in [-0.2, -0.15) is 0 Å². The minimum Gasteiger partial charge on any atom is -0.379 e. The average Bonchev–Trinajstić information content (AvgIpc) is 3.10. The van der Waals surface area contributed by atoms with Crippen LogP contribution in [0.15, 0.2) is 18.2 Å². The molecule has 0 amide bonds. The Hall–Kier alpha value is -0.930. The van der Waals surface area contributed by atoms with Crippen molar-refractivity contribution in [3.05, 3.63) is 23.2 Å². The molecule has 0 bridgehead atoms. The Bertz CT molecular complexity index is 457. The predicted octanol–water partition coefficient (Wildman–Crippen LogP) is 3.05. The van der Waals surface area contributed by atoms with Gasteiger partial charge in [0.05, 0.1) is 16.4 Å². The molecule has 1 atom stereocenters. The van der Waals surface area contributed by atoms with Crippen LogP contribution in [-0.4, -0.2) is 44.2 Å². The summed E-state index contributed by atoms with van der Waals surface area (Å²) in [6, 6.07) is 7.52. The van der Waals surface area contributed by atoms with Crippen LogP contribution in [0.5, 0.6) is 0 Å². The molecule has 0 radical (unpaired) electrons. The Balaban J connectivity index is 1.71. The van der Waals surface area contributed by atoms with E-state index in [4.69, 9.17) is 11.6 Å². The van der Waals surface area contributed by atoms with Crippen molar-refractivity contribution in [1.29, 1.82) is 0 Å². The maximum Gasteiger partial charge on any atom is 0.0786 e. The number of likely N-dealkylation sites (tertiary alicyclic amines) is 1. The van der Waals surface area contributed by atoms with Crippen LogP contribution in [0.2, 0.25) is 5.02 Å². The van der Waals surface area contributed by atoms with E-state index >= 15 is 0 Å². The first-order valence-corrected chi connectivity index (χ1v) is 7.49. The Morgan fingerprint density at radius 1 is 1.26 bits per heavy atom. The van der Waals surface area contributed by atoms with Gasteiger partial charge in [-0.3, -0.25) is 4.90 Å². The highest BCUT2D eigenvalue weighted by Crippen LogP contribution is 2.35. The van der Waals surface area contributed by atoms with Gasteiger partial charge in [-0.05, 0) is 31.4 Å². The fourth-order valence-electron chi connectivity index (χ4n) is 2.98. The van der Waals surface area contributed by atoms with Gasteiger partial charge in [0.25, 0.3) is 0 Å². The first-order valence-electron chi connectivity index (χ1n) is 7.11. The lowest BCUT2D eigenvalue weighted by Crippen LogP contribution is -2.28. The van der Waals surface area contributed by atoms with E-state index in [1.54, 1.807) is 0 Å². The molecule has 104 valence electrons. The zero-order chi connectivity index (χ0) is 13.4. The molecule has 2 fully saturated rings. The maximum absolute atomic E-state index is 6.31. The van der Waals surface area contributed by atoms with Gasteiger partial charge in [-0.15, -0.1) is 0 Å². The third-order valence-corrected chi connectivity index (χ3v) is 4.38. The van der Waals surface area contributed by atoms with E-state index in [1.165, 1.54) is 32.4 Å². The van der Waals surface area contributed by atoms with E-state index < -0.39 is 0 Å². The molecule has 1 aliphatic heterocycles. The minimum absolute atomic E-state index is 0.553. The summed E-state index contributed by atoms with van der Waals surface area (Å²) in [5.41, 5.74) is 2.24. The predicted molar refractivity (Wildman–Crippen MR) is 82.4 cm³/mol. The molecule has 2 aliphatic rings. The number of halogens is 1. The lowest BCUT2D eigenvalue weighted by Gasteiger charge is -2.23. The molecule has 0 aromatic heterocycles. The SMILES string of the molecule is CN(C)c1c(Cl)cccc1NC1CCN(C2CC2)C1. The molecule has 1 saturated carbocycles. The lowest BCUT2D eigenvalue weighted by atomic mass is 10.2. The second-order valence-corrected chi connectivity index (χ2v) is 6.29. The molecule has 1 saturated heterocycles. The first-order chi connectivity index (χ1) is 9.15. The summed E-state index contributed by atoms with van der Waals surface area (Å²) >= 11 is 6.31. The molecule has 1 unspecified atom stereocenters. The van der Waals surface area contributed by atoms with Crippen molar-refractivity contribution in [2.75, 3.05) is 37.4 Å². The van der Waals surface area contributed by atoms with E-state index in [9.17, 15) is 0 Å². The number of para-hydroxylation sites is 1. The molecular weight excluding hydrogens is 258 g/mol. The molecule has 0 spiro atoms. The number of anilines is 2. The van der Waals surface area contributed by atoms with Gasteiger partial charge in [-0.25, -0.2) is 0 Å². The van der Waals surface area contributed by atoms with Gasteiger partial charge in [-0.1, -0.05) is 17.7 Å². The van der Waals surface area contributed by atoms with Crippen molar-refractivity contribution in [2.45, 2.75) is 31.3 Å². The summed E-state index contributed by atoms with van der Waals surface area (Å²) in [6.45, 7) is 2.41. The molecule has 3 rings (SSSR count). The standard InChI is InChI=1S/C15H22ClN3/c1-18(2)15-13(16)4-3-5-14(15)17-11-8-9-19(10-11)12-6-7-12/h3-5,11-12,17H,6-10H2,1-2H3. The molecular formula is C15H22ClN3. The van der Waals surface area contributed by atoms with Crippen LogP contribution in [-0.2, 0) is 0 Å². The molecule has 1 aromatic rings. The van der Waals surface area contributed by atoms with E-state index in [2.05, 4.69) is 21.2 Å². The zero-order valence-corrected chi connectivity index (χ0v) is 12.5. The summed E-state index contributed by atoms with van der Waals surface area (Å²) in [7, 11) is 4.08. The summed E-state index contributed by atoms with van der Waals surface area (Å²) in [5.74, 6) is 0. The van der Waals surface area contributed by atoms with E-state index in [1.807, 2.05) is 26.2 Å². The number of rotatable bonds is 4. The summed E-state index contributed by atoms with van der Waals surface area (Å²) < 4.78 is 0. The monoisotopic (exact) mass is 279 g/mol. The molecule has 3 nitrogen and oxygen atoms in total. The molecule has 1 heterocycles. The third kappa shape index (κ3) is 2.82. The van der Waals surface area contributed by atoms with Crippen molar-refractivity contribution < 1.29 is 0 Å². The Morgan fingerprint density at radius 2 is 2.05 bits per heavy atom. The fourth-order valence-corrected chi connectivity index (χ4v) is 3.33. The molecule has 1 aliphatic carbocycles. The van der Waals surface area contributed by atoms with Crippen molar-refractivity contribution in [3.8, 4) is 0 Å². The third-order valence-electron chi connectivity index (χ3n) is 4.08. The minimum atomic E-state index is 0.553. The molecule has 4 heteroatoms. The fraction of sp³-hybridized carbons (Fsp3) is 0.600. The average molecular weight is 280 g/mol. The van der Waals surface area contributed by atoms with Crippen LogP contribution in [0.4, 0.5) is 11.4 Å². The summed E-state index contributed by atoms with van der Waals surface area (Å²) in [6.07, 6.45) is 4.02. The van der Waals surface area contributed by atoms with E-state index in [0.29, 0.717) is 6.04 Å². The quantitative estimate of drug-likeness (QED) is 0.914. The Kier molecular flexibility index (Phi) is 3.59. The topological polar surface area (TPSA) is 18.5 Å². The number of nitrogens with zero attached hydrogens (tertiary/aromatic N) is 2. The molecule has 1 N–H and O–H groups in total. The largest absolute Gasteiger partial charge is 0.379 e. The second kappa shape index (κ2) is 5.22. The van der Waals surface area contributed by atoms with E-state index in [-0.39, 0.29) is 0 Å². The number of nitrogens with one attached hydrogen (secondary N) is 1. The van der Waals surface area contributed by atoms with Crippen molar-refractivity contribution in [2.24, 2.45) is 0 Å². The zero-order valence-electron chi connectivity index (χ0n) is 11.7. The molecule has 19 heavy (non-hydrogen) atoms. The normalized spacial score (nSPS) is 23.6. The number of hydrogen-bond donors (Lipinski definition) is 1. The van der Waals surface area contributed by atoms with Crippen LogP contribution in [0.3, 0.4) is 0 Å². The maximum atomic E-state index is 6.31. The number of hydrogen-bond acceptors (Lipinski definition) is 3. The van der Waals surface area contributed by atoms with Crippen LogP contribution in [0, 0.1) is 0 Å². The smallest absolute Gasteiger partial charge is 0.0786 e. The summed E-state index contributed by atoms with van der Waals surface area (Å²) in [4.78, 5) is 4.70. The van der Waals surface area contributed by atoms with Crippen molar-refractivity contribution >= 4 is 23.0 Å². The van der Waals surface area contributed by atoms with Gasteiger partial charge in [0, 0.05) is 39.3 Å². The molecule has 1 aromatic carbocycles.